The Morgan fingerprint density at radius 2 is 1.54 bits per heavy atom. The van der Waals surface area contributed by atoms with Crippen LogP contribution in [0.2, 0.25) is 0 Å². The Labute approximate surface area is 83.7 Å². The third-order valence-electron chi connectivity index (χ3n) is 2.89. The lowest BCUT2D eigenvalue weighted by molar-refractivity contribution is 0.158. The van der Waals surface area contributed by atoms with Crippen molar-refractivity contribution < 1.29 is 0 Å². The van der Waals surface area contributed by atoms with E-state index in [0.717, 1.165) is 6.54 Å². The average molecular weight is 186 g/mol. The quantitative estimate of drug-likeness (QED) is 0.723. The first-order valence-electron chi connectivity index (χ1n) is 5.09. The van der Waals surface area contributed by atoms with E-state index in [1.807, 2.05) is 7.05 Å². The molecule has 1 N–H and O–H groups in total. The summed E-state index contributed by atoms with van der Waals surface area (Å²) in [6.45, 7) is 12.4. The summed E-state index contributed by atoms with van der Waals surface area (Å²) >= 11 is 0. The van der Waals surface area contributed by atoms with Crippen molar-refractivity contribution in [2.24, 2.45) is 0 Å². The molecule has 0 rings (SSSR count). The fourth-order valence-electron chi connectivity index (χ4n) is 0.908. The number of hydrogen-bond donors (Lipinski definition) is 1. The van der Waals surface area contributed by atoms with Gasteiger partial charge < -0.3 is 10.2 Å². The van der Waals surface area contributed by atoms with Crippen LogP contribution < -0.4 is 5.32 Å². The van der Waals surface area contributed by atoms with Gasteiger partial charge in [-0.25, -0.2) is 0 Å². The number of hydrogen-bond acceptors (Lipinski definition) is 2. The van der Waals surface area contributed by atoms with Gasteiger partial charge in [0.2, 0.25) is 0 Å². The number of rotatable bonds is 4. The Balaban J connectivity index is 3.90. The Kier molecular flexibility index (Phi) is 4.40. The summed E-state index contributed by atoms with van der Waals surface area (Å²) in [4.78, 5) is 2.39. The van der Waals surface area contributed by atoms with Crippen LogP contribution in [0.4, 0.5) is 0 Å². The Morgan fingerprint density at radius 1 is 1.08 bits per heavy atom. The lowest BCUT2D eigenvalue weighted by Crippen LogP contribution is -2.44. The Hall–Kier alpha value is -0.0800. The molecule has 0 aromatic heterocycles. The first-order valence-corrected chi connectivity index (χ1v) is 5.09. The summed E-state index contributed by atoms with van der Waals surface area (Å²) in [5.41, 5.74) is 0.531. The van der Waals surface area contributed by atoms with E-state index in [1.165, 1.54) is 6.42 Å². The molecule has 2 nitrogen and oxygen atoms in total. The van der Waals surface area contributed by atoms with Crippen LogP contribution in [-0.2, 0) is 0 Å². The minimum absolute atomic E-state index is 0.250. The summed E-state index contributed by atoms with van der Waals surface area (Å²) < 4.78 is 0. The maximum atomic E-state index is 3.32. The highest BCUT2D eigenvalue weighted by atomic mass is 15.2. The molecule has 13 heavy (non-hydrogen) atoms. The van der Waals surface area contributed by atoms with Crippen molar-refractivity contribution >= 4 is 0 Å². The molecule has 0 amide bonds. The summed E-state index contributed by atoms with van der Waals surface area (Å²) in [6.07, 6.45) is 1.18. The second-order valence-corrected chi connectivity index (χ2v) is 5.48. The third kappa shape index (κ3) is 5.27. The smallest absolute Gasteiger partial charge is 0.0134 e. The van der Waals surface area contributed by atoms with Gasteiger partial charge in [0.05, 0.1) is 0 Å². The van der Waals surface area contributed by atoms with E-state index in [-0.39, 0.29) is 11.1 Å². The topological polar surface area (TPSA) is 15.3 Å². The zero-order chi connectivity index (χ0) is 10.7. The standard InChI is InChI=1S/C11H26N2/c1-10(2,3)13(7)9-8-11(4,5)12-6/h12H,8-9H2,1-7H3. The maximum absolute atomic E-state index is 3.32. The predicted octanol–water partition coefficient (Wildman–Crippen LogP) is 2.10. The molecule has 0 spiro atoms. The largest absolute Gasteiger partial charge is 0.315 e. The highest BCUT2D eigenvalue weighted by molar-refractivity contribution is 4.80. The molecule has 0 aliphatic rings. The lowest BCUT2D eigenvalue weighted by atomic mass is 9.99. The zero-order valence-corrected chi connectivity index (χ0v) is 10.4. The maximum Gasteiger partial charge on any atom is 0.0134 e. The van der Waals surface area contributed by atoms with E-state index in [9.17, 15) is 0 Å². The van der Waals surface area contributed by atoms with Crippen molar-refractivity contribution in [3.05, 3.63) is 0 Å². The van der Waals surface area contributed by atoms with Crippen LogP contribution in [-0.4, -0.2) is 36.6 Å². The van der Waals surface area contributed by atoms with Crippen molar-refractivity contribution in [3.63, 3.8) is 0 Å². The molecule has 0 saturated heterocycles. The van der Waals surface area contributed by atoms with Crippen LogP contribution >= 0.6 is 0 Å². The Bertz CT molecular complexity index is 145. The molecule has 0 fully saturated rings. The molecule has 0 aliphatic carbocycles. The van der Waals surface area contributed by atoms with Crippen molar-refractivity contribution in [2.45, 2.75) is 52.1 Å². The molecule has 0 bridgehead atoms. The molecule has 0 radical (unpaired) electrons. The highest BCUT2D eigenvalue weighted by Gasteiger charge is 2.20. The predicted molar refractivity (Wildman–Crippen MR) is 60.1 cm³/mol. The molecule has 0 atom stereocenters. The zero-order valence-electron chi connectivity index (χ0n) is 10.4. The fraction of sp³-hybridized carbons (Fsp3) is 1.00. The van der Waals surface area contributed by atoms with E-state index < -0.39 is 0 Å². The monoisotopic (exact) mass is 186 g/mol. The van der Waals surface area contributed by atoms with Gasteiger partial charge >= 0.3 is 0 Å². The van der Waals surface area contributed by atoms with Crippen LogP contribution in [0.15, 0.2) is 0 Å². The van der Waals surface area contributed by atoms with E-state index in [1.54, 1.807) is 0 Å². The molecule has 0 aromatic rings. The van der Waals surface area contributed by atoms with Crippen LogP contribution in [0.5, 0.6) is 0 Å². The fourth-order valence-corrected chi connectivity index (χ4v) is 0.908. The third-order valence-corrected chi connectivity index (χ3v) is 2.89. The van der Waals surface area contributed by atoms with Crippen molar-refractivity contribution in [3.8, 4) is 0 Å². The number of nitrogens with one attached hydrogen (secondary N) is 1. The van der Waals surface area contributed by atoms with E-state index >= 15 is 0 Å². The van der Waals surface area contributed by atoms with Crippen LogP contribution in [0.25, 0.3) is 0 Å². The minimum Gasteiger partial charge on any atom is -0.315 e. The van der Waals surface area contributed by atoms with Gasteiger partial charge in [0.15, 0.2) is 0 Å². The van der Waals surface area contributed by atoms with E-state index in [0.29, 0.717) is 0 Å². The van der Waals surface area contributed by atoms with Crippen molar-refractivity contribution in [2.75, 3.05) is 20.6 Å². The molecule has 2 heteroatoms. The normalized spacial score (nSPS) is 13.8. The molecule has 0 aromatic carbocycles. The van der Waals surface area contributed by atoms with Crippen molar-refractivity contribution in [1.82, 2.24) is 10.2 Å². The molecular formula is C11H26N2. The van der Waals surface area contributed by atoms with E-state index in [2.05, 4.69) is 51.9 Å². The summed E-state index contributed by atoms with van der Waals surface area (Å²) in [7, 11) is 4.21. The van der Waals surface area contributed by atoms with Gasteiger partial charge in [-0.05, 0) is 55.1 Å². The minimum atomic E-state index is 0.250. The first-order chi connectivity index (χ1) is 5.69. The Morgan fingerprint density at radius 3 is 1.85 bits per heavy atom. The van der Waals surface area contributed by atoms with Gasteiger partial charge in [-0.3, -0.25) is 0 Å². The lowest BCUT2D eigenvalue weighted by Gasteiger charge is -2.35. The van der Waals surface area contributed by atoms with E-state index in [4.69, 9.17) is 0 Å². The van der Waals surface area contributed by atoms with Crippen molar-refractivity contribution in [1.29, 1.82) is 0 Å². The second-order valence-electron chi connectivity index (χ2n) is 5.48. The van der Waals surface area contributed by atoms with Gasteiger partial charge in [-0.2, -0.15) is 0 Å². The molecule has 0 unspecified atom stereocenters. The summed E-state index contributed by atoms with van der Waals surface area (Å²) in [5, 5.41) is 3.32. The first kappa shape index (κ1) is 12.9. The molecule has 0 saturated carbocycles. The summed E-state index contributed by atoms with van der Waals surface area (Å²) in [5.74, 6) is 0. The van der Waals surface area contributed by atoms with Crippen LogP contribution in [0.1, 0.15) is 41.0 Å². The average Bonchev–Trinajstić information content (AvgIpc) is 1.98. The van der Waals surface area contributed by atoms with Gasteiger partial charge in [0, 0.05) is 17.6 Å². The van der Waals surface area contributed by atoms with Gasteiger partial charge in [0.1, 0.15) is 0 Å². The molecule has 80 valence electrons. The van der Waals surface area contributed by atoms with Gasteiger partial charge in [-0.1, -0.05) is 0 Å². The summed E-state index contributed by atoms with van der Waals surface area (Å²) in [6, 6.07) is 0. The highest BCUT2D eigenvalue weighted by Crippen LogP contribution is 2.14. The second kappa shape index (κ2) is 4.43. The number of nitrogens with zero attached hydrogens (tertiary/aromatic N) is 1. The molecule has 0 heterocycles. The van der Waals surface area contributed by atoms with Crippen LogP contribution in [0, 0.1) is 0 Å². The van der Waals surface area contributed by atoms with Crippen LogP contribution in [0.3, 0.4) is 0 Å². The molecular weight excluding hydrogens is 160 g/mol. The molecule has 0 aliphatic heterocycles. The van der Waals surface area contributed by atoms with Gasteiger partial charge in [-0.15, -0.1) is 0 Å². The SMILES string of the molecule is CNC(C)(C)CCN(C)C(C)(C)C. The van der Waals surface area contributed by atoms with Gasteiger partial charge in [0.25, 0.3) is 0 Å².